The summed E-state index contributed by atoms with van der Waals surface area (Å²) in [6, 6.07) is 0. The molecule has 0 heterocycles. The highest BCUT2D eigenvalue weighted by molar-refractivity contribution is 9.10. The molecule has 0 atom stereocenters. The number of halogens is 1. The zero-order chi connectivity index (χ0) is 10.8. The van der Waals surface area contributed by atoms with Crippen LogP contribution in [0.25, 0.3) is 0 Å². The molecule has 0 aromatic rings. The molecule has 1 saturated carbocycles. The lowest BCUT2D eigenvalue weighted by Crippen LogP contribution is -2.35. The smallest absolute Gasteiger partial charge is 0.252 e. The Bertz CT molecular complexity index is 227. The Morgan fingerprint density at radius 2 is 1.71 bits per heavy atom. The highest BCUT2D eigenvalue weighted by atomic mass is 79.9. The highest BCUT2D eigenvalue weighted by Crippen LogP contribution is 2.37. The number of nitrogens with zero attached hydrogens (tertiary/aromatic N) is 2. The van der Waals surface area contributed by atoms with Crippen LogP contribution < -0.4 is 0 Å². The fourth-order valence-electron chi connectivity index (χ4n) is 1.65. The van der Waals surface area contributed by atoms with Crippen LogP contribution in [0.15, 0.2) is 5.11 Å². The van der Waals surface area contributed by atoms with E-state index in [-0.39, 0.29) is 5.54 Å². The quantitative estimate of drug-likeness (QED) is 0.233. The van der Waals surface area contributed by atoms with Crippen molar-refractivity contribution in [2.75, 3.05) is 0 Å². The first-order chi connectivity index (χ1) is 6.33. The second kappa shape index (κ2) is 4.17. The van der Waals surface area contributed by atoms with Crippen LogP contribution in [0.3, 0.4) is 0 Å². The Hall–Kier alpha value is -0.120. The van der Waals surface area contributed by atoms with Gasteiger partial charge < -0.3 is 5.21 Å². The molecule has 1 rings (SSSR count). The van der Waals surface area contributed by atoms with Crippen molar-refractivity contribution in [3.8, 4) is 0 Å². The third-order valence-electron chi connectivity index (χ3n) is 2.35. The van der Waals surface area contributed by atoms with Crippen molar-refractivity contribution >= 4 is 15.9 Å². The summed E-state index contributed by atoms with van der Waals surface area (Å²) >= 11 is 3.53. The molecule has 14 heavy (non-hydrogen) atoms. The summed E-state index contributed by atoms with van der Waals surface area (Å²) in [5.41, 5.74) is -0.292. The van der Waals surface area contributed by atoms with Gasteiger partial charge >= 0.3 is 0 Å². The van der Waals surface area contributed by atoms with Crippen molar-refractivity contribution < 1.29 is 4.86 Å². The van der Waals surface area contributed by atoms with Gasteiger partial charge in [-0.2, -0.15) is 0 Å². The number of azo groups is 1. The SMILES string of the molecule is CC(C)(C)N=[N+]([O-])C1(Br)CCCCC1. The number of rotatable bonds is 1. The van der Waals surface area contributed by atoms with Crippen molar-refractivity contribution in [1.29, 1.82) is 0 Å². The van der Waals surface area contributed by atoms with Crippen LogP contribution in [0, 0.1) is 5.21 Å². The predicted molar refractivity (Wildman–Crippen MR) is 60.6 cm³/mol. The molecular weight excluding hydrogens is 244 g/mol. The molecule has 0 spiro atoms. The third-order valence-corrected chi connectivity index (χ3v) is 3.45. The summed E-state index contributed by atoms with van der Waals surface area (Å²) < 4.78 is -0.432. The first kappa shape index (κ1) is 12.0. The molecule has 1 aliphatic rings. The lowest BCUT2D eigenvalue weighted by molar-refractivity contribution is -0.589. The minimum Gasteiger partial charge on any atom is -0.599 e. The van der Waals surface area contributed by atoms with Gasteiger partial charge in [-0.25, -0.2) is 0 Å². The maximum absolute atomic E-state index is 11.8. The summed E-state index contributed by atoms with van der Waals surface area (Å²) in [5, 5.41) is 16.0. The van der Waals surface area contributed by atoms with Gasteiger partial charge in [-0.1, -0.05) is 11.3 Å². The highest BCUT2D eigenvalue weighted by Gasteiger charge is 2.39. The van der Waals surface area contributed by atoms with Gasteiger partial charge in [0.05, 0.1) is 0 Å². The van der Waals surface area contributed by atoms with E-state index < -0.39 is 4.45 Å². The summed E-state index contributed by atoms with van der Waals surface area (Å²) in [6.45, 7) is 5.82. The molecule has 0 unspecified atom stereocenters. The minimum atomic E-state index is -0.432. The van der Waals surface area contributed by atoms with Gasteiger partial charge in [-0.05, 0) is 54.7 Å². The monoisotopic (exact) mass is 262 g/mol. The molecule has 82 valence electrons. The van der Waals surface area contributed by atoms with E-state index in [0.717, 1.165) is 30.5 Å². The molecule has 0 radical (unpaired) electrons. The molecule has 0 saturated heterocycles. The van der Waals surface area contributed by atoms with Gasteiger partial charge in [-0.3, -0.25) is 0 Å². The first-order valence-corrected chi connectivity index (χ1v) is 6.02. The Balaban J connectivity index is 2.75. The van der Waals surface area contributed by atoms with Crippen molar-refractivity contribution in [3.63, 3.8) is 0 Å². The van der Waals surface area contributed by atoms with E-state index in [1.54, 1.807) is 0 Å². The van der Waals surface area contributed by atoms with Crippen molar-refractivity contribution in [3.05, 3.63) is 5.21 Å². The molecule has 0 aliphatic heterocycles. The average Bonchev–Trinajstić information content (AvgIpc) is 2.02. The number of hydrogen-bond donors (Lipinski definition) is 0. The van der Waals surface area contributed by atoms with Gasteiger partial charge in [0.25, 0.3) is 4.45 Å². The molecule has 0 amide bonds. The minimum absolute atomic E-state index is 0.292. The Labute approximate surface area is 94.3 Å². The van der Waals surface area contributed by atoms with Crippen LogP contribution in [0.2, 0.25) is 0 Å². The molecule has 3 nitrogen and oxygen atoms in total. The molecular formula is C10H19BrN2O. The fraction of sp³-hybridized carbons (Fsp3) is 1.00. The van der Waals surface area contributed by atoms with E-state index in [1.807, 2.05) is 20.8 Å². The van der Waals surface area contributed by atoms with Crippen molar-refractivity contribution in [2.45, 2.75) is 62.9 Å². The zero-order valence-corrected chi connectivity index (χ0v) is 10.8. The van der Waals surface area contributed by atoms with Crippen molar-refractivity contribution in [1.82, 2.24) is 0 Å². The number of alkyl halides is 1. The summed E-state index contributed by atoms with van der Waals surface area (Å²) in [4.78, 5) is 0.881. The van der Waals surface area contributed by atoms with E-state index in [1.165, 1.54) is 6.42 Å². The number of hydrogen-bond acceptors (Lipinski definition) is 2. The first-order valence-electron chi connectivity index (χ1n) is 5.23. The molecule has 1 aliphatic carbocycles. The largest absolute Gasteiger partial charge is 0.599 e. The average molecular weight is 263 g/mol. The maximum atomic E-state index is 11.8. The van der Waals surface area contributed by atoms with Gasteiger partial charge in [-0.15, -0.1) is 0 Å². The van der Waals surface area contributed by atoms with Crippen LogP contribution >= 0.6 is 15.9 Å². The molecule has 0 bridgehead atoms. The molecule has 0 N–H and O–H groups in total. The van der Waals surface area contributed by atoms with E-state index in [4.69, 9.17) is 0 Å². The van der Waals surface area contributed by atoms with E-state index in [0.29, 0.717) is 0 Å². The molecule has 1 fully saturated rings. The Morgan fingerprint density at radius 1 is 1.21 bits per heavy atom. The molecule has 0 aromatic carbocycles. The molecule has 0 aromatic heterocycles. The standard InChI is InChI=1S/C10H19BrN2O/c1-9(2,3)12-13(14)10(11)7-5-4-6-8-10/h4-8H2,1-3H3. The van der Waals surface area contributed by atoms with Crippen LogP contribution in [0.4, 0.5) is 0 Å². The lowest BCUT2D eigenvalue weighted by Gasteiger charge is -2.28. The Kier molecular flexibility index (Phi) is 3.56. The van der Waals surface area contributed by atoms with Gasteiger partial charge in [0.2, 0.25) is 0 Å². The fourth-order valence-corrected chi connectivity index (χ4v) is 2.29. The summed E-state index contributed by atoms with van der Waals surface area (Å²) in [7, 11) is 0. The van der Waals surface area contributed by atoms with Crippen LogP contribution in [0.5, 0.6) is 0 Å². The van der Waals surface area contributed by atoms with E-state index in [9.17, 15) is 5.21 Å². The lowest BCUT2D eigenvalue weighted by atomic mass is 9.96. The molecule has 4 heteroatoms. The van der Waals surface area contributed by atoms with E-state index in [2.05, 4.69) is 21.0 Å². The zero-order valence-electron chi connectivity index (χ0n) is 9.22. The normalized spacial score (nSPS) is 23.6. The second-order valence-electron chi connectivity index (χ2n) is 5.02. The predicted octanol–water partition coefficient (Wildman–Crippen LogP) is 3.80. The number of hydroxylamine groups is 1. The summed E-state index contributed by atoms with van der Waals surface area (Å²) in [6.07, 6.45) is 5.26. The topological polar surface area (TPSA) is 38.4 Å². The van der Waals surface area contributed by atoms with Gasteiger partial charge in [0, 0.05) is 12.8 Å². The van der Waals surface area contributed by atoms with Gasteiger partial charge in [0.15, 0.2) is 0 Å². The Morgan fingerprint density at radius 3 is 2.14 bits per heavy atom. The van der Waals surface area contributed by atoms with Crippen molar-refractivity contribution in [2.24, 2.45) is 5.11 Å². The third kappa shape index (κ3) is 3.23. The maximum Gasteiger partial charge on any atom is 0.252 e. The van der Waals surface area contributed by atoms with Crippen LogP contribution in [-0.2, 0) is 0 Å². The van der Waals surface area contributed by atoms with Gasteiger partial charge in [0.1, 0.15) is 5.54 Å². The van der Waals surface area contributed by atoms with Crippen LogP contribution in [-0.4, -0.2) is 14.8 Å². The van der Waals surface area contributed by atoms with E-state index >= 15 is 0 Å². The summed E-state index contributed by atoms with van der Waals surface area (Å²) in [5.74, 6) is 0. The second-order valence-corrected chi connectivity index (χ2v) is 6.50. The van der Waals surface area contributed by atoms with Crippen LogP contribution in [0.1, 0.15) is 52.9 Å².